The van der Waals surface area contributed by atoms with Gasteiger partial charge in [0.05, 0.1) is 22.5 Å². The van der Waals surface area contributed by atoms with Gasteiger partial charge in [0, 0.05) is 6.54 Å². The van der Waals surface area contributed by atoms with Gasteiger partial charge in [-0.15, -0.1) is 11.3 Å². The summed E-state index contributed by atoms with van der Waals surface area (Å²) in [7, 11) is 0. The number of nitrogen functional groups attached to an aromatic ring is 1. The van der Waals surface area contributed by atoms with Crippen molar-refractivity contribution in [1.29, 1.82) is 0 Å². The first-order valence-corrected chi connectivity index (χ1v) is 11.4. The fourth-order valence-corrected chi connectivity index (χ4v) is 5.07. The molecule has 31 heavy (non-hydrogen) atoms. The van der Waals surface area contributed by atoms with Gasteiger partial charge in [0.2, 0.25) is 0 Å². The van der Waals surface area contributed by atoms with E-state index >= 15 is 0 Å². The molecular formula is C21H19N5O3S2. The van der Waals surface area contributed by atoms with E-state index in [-0.39, 0.29) is 30.2 Å². The zero-order valence-electron chi connectivity index (χ0n) is 16.6. The summed E-state index contributed by atoms with van der Waals surface area (Å²) in [6.45, 7) is 1.99. The Hall–Kier alpha value is -3.24. The van der Waals surface area contributed by atoms with Gasteiger partial charge in [0.25, 0.3) is 5.56 Å². The molecule has 0 saturated carbocycles. The summed E-state index contributed by atoms with van der Waals surface area (Å²) in [6, 6.07) is 11.2. The van der Waals surface area contributed by atoms with Crippen LogP contribution in [-0.4, -0.2) is 30.6 Å². The summed E-state index contributed by atoms with van der Waals surface area (Å²) < 4.78 is 3.20. The predicted octanol–water partition coefficient (Wildman–Crippen LogP) is 2.64. The van der Waals surface area contributed by atoms with Crippen molar-refractivity contribution in [3.8, 4) is 0 Å². The third-order valence-electron chi connectivity index (χ3n) is 4.80. The molecule has 0 aliphatic carbocycles. The Morgan fingerprint density at radius 3 is 2.65 bits per heavy atom. The van der Waals surface area contributed by atoms with Crippen molar-refractivity contribution in [2.45, 2.75) is 25.0 Å². The third kappa shape index (κ3) is 4.04. The Labute approximate surface area is 185 Å². The van der Waals surface area contributed by atoms with Crippen LogP contribution in [0.25, 0.3) is 10.2 Å². The van der Waals surface area contributed by atoms with E-state index in [2.05, 4.69) is 9.97 Å². The maximum absolute atomic E-state index is 13.0. The number of carbonyl (C=O) groups is 1. The molecule has 10 heteroatoms. The number of fused-ring (bicyclic) bond motifs is 1. The number of Topliss-reactive ketones (excluding diaryl/α,β-unsaturated/α-hetero) is 1. The molecule has 0 saturated heterocycles. The number of aromatic nitrogens is 4. The first-order valence-electron chi connectivity index (χ1n) is 9.52. The maximum Gasteiger partial charge on any atom is 0.332 e. The average Bonchev–Trinajstić information content (AvgIpc) is 3.26. The number of thiophene rings is 1. The molecule has 0 spiro atoms. The van der Waals surface area contributed by atoms with Crippen LogP contribution >= 0.6 is 23.1 Å². The number of benzene rings is 1. The van der Waals surface area contributed by atoms with Crippen LogP contribution in [-0.2, 0) is 13.1 Å². The zero-order valence-corrected chi connectivity index (χ0v) is 18.3. The highest BCUT2D eigenvalue weighted by Gasteiger charge is 2.23. The highest BCUT2D eigenvalue weighted by Crippen LogP contribution is 2.29. The van der Waals surface area contributed by atoms with Crippen molar-refractivity contribution in [2.75, 3.05) is 11.5 Å². The largest absolute Gasteiger partial charge is 0.384 e. The monoisotopic (exact) mass is 453 g/mol. The predicted molar refractivity (Wildman–Crippen MR) is 123 cm³/mol. The molecule has 0 bridgehead atoms. The van der Waals surface area contributed by atoms with Crippen LogP contribution in [0.5, 0.6) is 0 Å². The van der Waals surface area contributed by atoms with Crippen molar-refractivity contribution >= 4 is 44.9 Å². The van der Waals surface area contributed by atoms with Crippen molar-refractivity contribution in [3.05, 3.63) is 80.1 Å². The van der Waals surface area contributed by atoms with Gasteiger partial charge in [-0.05, 0) is 23.9 Å². The first-order chi connectivity index (χ1) is 15.0. The van der Waals surface area contributed by atoms with Gasteiger partial charge in [-0.2, -0.15) is 0 Å². The molecule has 8 nitrogen and oxygen atoms in total. The Morgan fingerprint density at radius 2 is 1.90 bits per heavy atom. The van der Waals surface area contributed by atoms with Gasteiger partial charge in [-0.1, -0.05) is 42.1 Å². The molecule has 1 aromatic carbocycles. The number of hydrogen-bond acceptors (Lipinski definition) is 8. The number of nitrogens with two attached hydrogens (primary N) is 1. The van der Waals surface area contributed by atoms with Crippen LogP contribution in [0.1, 0.15) is 22.8 Å². The lowest BCUT2D eigenvalue weighted by Gasteiger charge is -2.15. The number of anilines is 1. The molecule has 0 aliphatic rings. The molecule has 3 heterocycles. The number of ketones is 1. The van der Waals surface area contributed by atoms with E-state index in [9.17, 15) is 14.4 Å². The molecule has 0 atom stereocenters. The second-order valence-electron chi connectivity index (χ2n) is 6.69. The van der Waals surface area contributed by atoms with Gasteiger partial charge in [-0.25, -0.2) is 14.8 Å². The Morgan fingerprint density at radius 1 is 1.13 bits per heavy atom. The third-order valence-corrected chi connectivity index (χ3v) is 6.83. The number of rotatable bonds is 7. The number of nitrogens with zero attached hydrogens (tertiary/aromatic N) is 4. The molecule has 0 amide bonds. The van der Waals surface area contributed by atoms with Crippen LogP contribution < -0.4 is 17.0 Å². The molecule has 4 aromatic rings. The lowest BCUT2D eigenvalue weighted by molar-refractivity contribution is 0.102. The summed E-state index contributed by atoms with van der Waals surface area (Å²) >= 11 is 2.71. The van der Waals surface area contributed by atoms with Crippen LogP contribution in [0.4, 0.5) is 5.82 Å². The fraction of sp³-hybridized carbons (Fsp3) is 0.190. The Kier molecular flexibility index (Phi) is 6.01. The van der Waals surface area contributed by atoms with Crippen molar-refractivity contribution in [3.63, 3.8) is 0 Å². The van der Waals surface area contributed by atoms with Gasteiger partial charge >= 0.3 is 5.69 Å². The van der Waals surface area contributed by atoms with Crippen molar-refractivity contribution < 1.29 is 4.79 Å². The number of carbonyl (C=O) groups excluding carboxylic acids is 1. The highest BCUT2D eigenvalue weighted by atomic mass is 32.2. The number of thioether (sulfide) groups is 1. The van der Waals surface area contributed by atoms with Crippen LogP contribution in [0.2, 0.25) is 0 Å². The second-order valence-corrected chi connectivity index (χ2v) is 8.57. The smallest absolute Gasteiger partial charge is 0.332 e. The van der Waals surface area contributed by atoms with Crippen molar-refractivity contribution in [2.24, 2.45) is 0 Å². The van der Waals surface area contributed by atoms with E-state index in [1.165, 1.54) is 34.0 Å². The van der Waals surface area contributed by atoms with Crippen LogP contribution in [0.3, 0.4) is 0 Å². The summed E-state index contributed by atoms with van der Waals surface area (Å²) in [4.78, 5) is 47.2. The van der Waals surface area contributed by atoms with E-state index in [1.54, 1.807) is 6.92 Å². The summed E-state index contributed by atoms with van der Waals surface area (Å²) in [6.07, 6.45) is 1.44. The van der Waals surface area contributed by atoms with Crippen LogP contribution in [0.15, 0.2) is 62.7 Å². The van der Waals surface area contributed by atoms with E-state index < -0.39 is 17.0 Å². The molecule has 4 rings (SSSR count). The topological polar surface area (TPSA) is 113 Å². The van der Waals surface area contributed by atoms with Gasteiger partial charge in [0.1, 0.15) is 22.7 Å². The minimum Gasteiger partial charge on any atom is -0.384 e. The SMILES string of the molecule is CCn1c(=O)c(C(=O)CSc2ncnc3ccsc23)c(N)n(Cc2ccccc2)c1=O. The molecular weight excluding hydrogens is 434 g/mol. The van der Waals surface area contributed by atoms with E-state index in [4.69, 9.17) is 5.73 Å². The molecule has 2 N–H and O–H groups in total. The van der Waals surface area contributed by atoms with Crippen molar-refractivity contribution in [1.82, 2.24) is 19.1 Å². The summed E-state index contributed by atoms with van der Waals surface area (Å²) in [5, 5.41) is 2.57. The maximum atomic E-state index is 13.0. The molecule has 0 fully saturated rings. The minimum absolute atomic E-state index is 0.0310. The Balaban J connectivity index is 1.70. The van der Waals surface area contributed by atoms with Gasteiger partial charge in [-0.3, -0.25) is 18.7 Å². The number of hydrogen-bond donors (Lipinski definition) is 1. The second kappa shape index (κ2) is 8.86. The molecule has 0 aliphatic heterocycles. The van der Waals surface area contributed by atoms with Gasteiger partial charge in [0.15, 0.2) is 5.78 Å². The molecule has 3 aromatic heterocycles. The summed E-state index contributed by atoms with van der Waals surface area (Å²) in [5.41, 5.74) is 6.48. The van der Waals surface area contributed by atoms with E-state index in [0.29, 0.717) is 5.03 Å². The molecule has 0 radical (unpaired) electrons. The minimum atomic E-state index is -0.663. The summed E-state index contributed by atoms with van der Waals surface area (Å²) in [5.74, 6) is -0.589. The average molecular weight is 454 g/mol. The Bertz CT molecular complexity index is 1380. The highest BCUT2D eigenvalue weighted by molar-refractivity contribution is 8.00. The van der Waals surface area contributed by atoms with Gasteiger partial charge < -0.3 is 5.73 Å². The molecule has 0 unspecified atom stereocenters. The lowest BCUT2D eigenvalue weighted by Crippen LogP contribution is -2.44. The normalized spacial score (nSPS) is 11.1. The molecule has 158 valence electrons. The fourth-order valence-electron chi connectivity index (χ4n) is 3.25. The quantitative estimate of drug-likeness (QED) is 0.260. The van der Waals surface area contributed by atoms with Crippen LogP contribution in [0, 0.1) is 0 Å². The first kappa shape index (κ1) is 21.0. The van der Waals surface area contributed by atoms with E-state index in [0.717, 1.165) is 20.3 Å². The zero-order chi connectivity index (χ0) is 22.0. The lowest BCUT2D eigenvalue weighted by atomic mass is 10.2. The van der Waals surface area contributed by atoms with E-state index in [1.807, 2.05) is 41.8 Å². The standard InChI is InChI=1S/C21H19N5O3S2/c1-2-25-20(28)16(18(22)26(21(25)29)10-13-6-4-3-5-7-13)15(27)11-31-19-17-14(8-9-30-17)23-12-24-19/h3-9,12H,2,10-11,22H2,1H3.